The number of rotatable bonds is 5. The van der Waals surface area contributed by atoms with Gasteiger partial charge in [-0.2, -0.15) is 5.10 Å². The van der Waals surface area contributed by atoms with E-state index < -0.39 is 4.92 Å². The minimum absolute atomic E-state index is 0.0304. The number of furan rings is 1. The van der Waals surface area contributed by atoms with Gasteiger partial charge in [0.05, 0.1) is 27.6 Å². The summed E-state index contributed by atoms with van der Waals surface area (Å²) in [5.74, 6) is 1.50. The standard InChI is InChI=1S/C18H12ClN7O4/c1-24-17-12(7-21-24)18-22-16(23-25(18)9-20-17)14-5-3-11(30-14)8-29-15-6-10(26(27)28)2-4-13(15)19/h2-7,9H,8H2,1H3. The SMILES string of the molecule is Cn1ncc2c1ncn1nc(-c3ccc(COc4cc([N+](=O)[O-])ccc4Cl)o3)nc21. The van der Waals surface area contributed by atoms with Gasteiger partial charge in [-0.3, -0.25) is 14.8 Å². The number of fused-ring (bicyclic) bond motifs is 3. The van der Waals surface area contributed by atoms with Gasteiger partial charge < -0.3 is 9.15 Å². The zero-order chi connectivity index (χ0) is 20.8. The summed E-state index contributed by atoms with van der Waals surface area (Å²) in [6.07, 6.45) is 3.24. The van der Waals surface area contributed by atoms with E-state index in [-0.39, 0.29) is 23.1 Å². The van der Waals surface area contributed by atoms with Crippen molar-refractivity contribution in [3.8, 4) is 17.3 Å². The molecule has 0 spiro atoms. The highest BCUT2D eigenvalue weighted by atomic mass is 35.5. The molecule has 0 saturated heterocycles. The van der Waals surface area contributed by atoms with Gasteiger partial charge in [-0.05, 0) is 18.2 Å². The van der Waals surface area contributed by atoms with Gasteiger partial charge >= 0.3 is 0 Å². The van der Waals surface area contributed by atoms with Gasteiger partial charge in [-0.1, -0.05) is 11.6 Å². The van der Waals surface area contributed by atoms with Crippen molar-refractivity contribution in [2.45, 2.75) is 6.61 Å². The predicted molar refractivity (Wildman–Crippen MR) is 105 cm³/mol. The molecule has 1 aromatic carbocycles. The van der Waals surface area contributed by atoms with Gasteiger partial charge in [0.15, 0.2) is 17.1 Å². The van der Waals surface area contributed by atoms with E-state index in [2.05, 4.69) is 20.2 Å². The third kappa shape index (κ3) is 3.01. The monoisotopic (exact) mass is 425 g/mol. The maximum absolute atomic E-state index is 10.9. The van der Waals surface area contributed by atoms with E-state index in [1.807, 2.05) is 0 Å². The fourth-order valence-electron chi connectivity index (χ4n) is 2.98. The van der Waals surface area contributed by atoms with Gasteiger partial charge in [-0.25, -0.2) is 14.5 Å². The number of aryl methyl sites for hydroxylation is 1. The first-order chi connectivity index (χ1) is 14.5. The van der Waals surface area contributed by atoms with Crippen molar-refractivity contribution >= 4 is 34.0 Å². The summed E-state index contributed by atoms with van der Waals surface area (Å²) in [4.78, 5) is 19.3. The average molecular weight is 426 g/mol. The smallest absolute Gasteiger partial charge is 0.273 e. The minimum atomic E-state index is -0.517. The molecule has 4 heterocycles. The molecule has 11 nitrogen and oxygen atoms in total. The molecule has 0 radical (unpaired) electrons. The quantitative estimate of drug-likeness (QED) is 0.309. The second kappa shape index (κ2) is 6.81. The lowest BCUT2D eigenvalue weighted by Crippen LogP contribution is -1.96. The summed E-state index contributed by atoms with van der Waals surface area (Å²) in [6.45, 7) is 0.0304. The summed E-state index contributed by atoms with van der Waals surface area (Å²) >= 11 is 6.05. The third-order valence-electron chi connectivity index (χ3n) is 4.45. The number of nitro benzene ring substituents is 1. The third-order valence-corrected chi connectivity index (χ3v) is 4.76. The van der Waals surface area contributed by atoms with Crippen LogP contribution in [0.4, 0.5) is 5.69 Å². The normalized spacial score (nSPS) is 11.4. The van der Waals surface area contributed by atoms with Crippen LogP contribution >= 0.6 is 11.6 Å². The lowest BCUT2D eigenvalue weighted by molar-refractivity contribution is -0.384. The van der Waals surface area contributed by atoms with Gasteiger partial charge in [0, 0.05) is 13.1 Å². The number of nitro groups is 1. The molecule has 0 fully saturated rings. The zero-order valence-corrected chi connectivity index (χ0v) is 16.1. The molecule has 0 amide bonds. The molecule has 0 N–H and O–H groups in total. The number of benzene rings is 1. The first-order valence-electron chi connectivity index (χ1n) is 8.68. The van der Waals surface area contributed by atoms with Crippen LogP contribution in [-0.4, -0.2) is 34.3 Å². The molecule has 0 bridgehead atoms. The van der Waals surface area contributed by atoms with Crippen molar-refractivity contribution in [3.63, 3.8) is 0 Å². The Hall–Kier alpha value is -3.99. The van der Waals surface area contributed by atoms with E-state index in [1.165, 1.54) is 18.2 Å². The molecule has 12 heteroatoms. The Morgan fingerprint density at radius 3 is 2.97 bits per heavy atom. The first-order valence-corrected chi connectivity index (χ1v) is 9.06. The Balaban J connectivity index is 1.40. The number of non-ortho nitro benzene ring substituents is 1. The van der Waals surface area contributed by atoms with E-state index in [1.54, 1.807) is 40.9 Å². The average Bonchev–Trinajstić information content (AvgIpc) is 3.45. The Bertz CT molecular complexity index is 1420. The van der Waals surface area contributed by atoms with Crippen LogP contribution in [-0.2, 0) is 13.7 Å². The molecule has 0 unspecified atom stereocenters. The highest BCUT2D eigenvalue weighted by molar-refractivity contribution is 6.32. The Kier molecular flexibility index (Phi) is 4.10. The maximum Gasteiger partial charge on any atom is 0.273 e. The summed E-state index contributed by atoms with van der Waals surface area (Å²) in [5, 5.41) is 20.5. The van der Waals surface area contributed by atoms with Crippen molar-refractivity contribution < 1.29 is 14.1 Å². The fourth-order valence-corrected chi connectivity index (χ4v) is 3.16. The molecule has 0 aliphatic rings. The van der Waals surface area contributed by atoms with E-state index in [9.17, 15) is 10.1 Å². The number of ether oxygens (including phenoxy) is 1. The molecular formula is C18H12ClN7O4. The van der Waals surface area contributed by atoms with E-state index in [4.69, 9.17) is 20.8 Å². The summed E-state index contributed by atoms with van der Waals surface area (Å²) < 4.78 is 14.6. The molecule has 5 aromatic rings. The number of nitrogens with zero attached hydrogens (tertiary/aromatic N) is 7. The Labute approximate surface area is 172 Å². The van der Waals surface area contributed by atoms with Crippen molar-refractivity contribution in [3.05, 3.63) is 63.8 Å². The van der Waals surface area contributed by atoms with Crippen LogP contribution in [0, 0.1) is 10.1 Å². The number of hydrogen-bond acceptors (Lipinski definition) is 8. The van der Waals surface area contributed by atoms with Crippen molar-refractivity contribution in [2.75, 3.05) is 0 Å². The van der Waals surface area contributed by atoms with Crippen LogP contribution in [0.25, 0.3) is 28.3 Å². The molecule has 0 aliphatic carbocycles. The van der Waals surface area contributed by atoms with Gasteiger partial charge in [0.25, 0.3) is 5.69 Å². The molecule has 0 aliphatic heterocycles. The lowest BCUT2D eigenvalue weighted by atomic mass is 10.3. The predicted octanol–water partition coefficient (Wildman–Crippen LogP) is 3.41. The number of hydrogen-bond donors (Lipinski definition) is 0. The number of halogens is 1. The molecule has 0 saturated carbocycles. The molecule has 0 atom stereocenters. The van der Waals surface area contributed by atoms with Crippen LogP contribution in [0.3, 0.4) is 0 Å². The number of aromatic nitrogens is 6. The van der Waals surface area contributed by atoms with Crippen LogP contribution in [0.5, 0.6) is 5.75 Å². The van der Waals surface area contributed by atoms with Crippen LogP contribution in [0.1, 0.15) is 5.76 Å². The van der Waals surface area contributed by atoms with Crippen molar-refractivity contribution in [1.29, 1.82) is 0 Å². The van der Waals surface area contributed by atoms with Crippen molar-refractivity contribution in [2.24, 2.45) is 7.05 Å². The lowest BCUT2D eigenvalue weighted by Gasteiger charge is -2.06. The molecule has 150 valence electrons. The summed E-state index contributed by atoms with van der Waals surface area (Å²) in [5.41, 5.74) is 1.20. The van der Waals surface area contributed by atoms with Crippen LogP contribution < -0.4 is 4.74 Å². The largest absolute Gasteiger partial charge is 0.484 e. The second-order valence-electron chi connectivity index (χ2n) is 6.38. The van der Waals surface area contributed by atoms with Gasteiger partial charge in [-0.15, -0.1) is 5.10 Å². The van der Waals surface area contributed by atoms with Gasteiger partial charge in [0.1, 0.15) is 24.4 Å². The fraction of sp³-hybridized carbons (Fsp3) is 0.111. The van der Waals surface area contributed by atoms with E-state index in [0.29, 0.717) is 28.6 Å². The molecule has 30 heavy (non-hydrogen) atoms. The van der Waals surface area contributed by atoms with E-state index in [0.717, 1.165) is 5.39 Å². The highest BCUT2D eigenvalue weighted by Crippen LogP contribution is 2.30. The van der Waals surface area contributed by atoms with Crippen LogP contribution in [0.2, 0.25) is 5.02 Å². The summed E-state index contributed by atoms with van der Waals surface area (Å²) in [7, 11) is 1.80. The zero-order valence-electron chi connectivity index (χ0n) is 15.4. The van der Waals surface area contributed by atoms with Crippen LogP contribution in [0.15, 0.2) is 47.3 Å². The van der Waals surface area contributed by atoms with Gasteiger partial charge in [0.2, 0.25) is 5.82 Å². The molecular weight excluding hydrogens is 414 g/mol. The maximum atomic E-state index is 10.9. The topological polar surface area (TPSA) is 126 Å². The first kappa shape index (κ1) is 18.1. The molecule has 4 aromatic heterocycles. The van der Waals surface area contributed by atoms with Crippen molar-refractivity contribution in [1.82, 2.24) is 29.4 Å². The minimum Gasteiger partial charge on any atom is -0.484 e. The highest BCUT2D eigenvalue weighted by Gasteiger charge is 2.16. The Morgan fingerprint density at radius 1 is 1.27 bits per heavy atom. The second-order valence-corrected chi connectivity index (χ2v) is 6.79. The Morgan fingerprint density at radius 2 is 2.13 bits per heavy atom. The summed E-state index contributed by atoms with van der Waals surface area (Å²) in [6, 6.07) is 7.42. The van der Waals surface area contributed by atoms with E-state index >= 15 is 0 Å². The molecule has 5 rings (SSSR count).